The quantitative estimate of drug-likeness (QED) is 0.681. The van der Waals surface area contributed by atoms with E-state index in [1.165, 1.54) is 32.2 Å². The first-order valence-corrected chi connectivity index (χ1v) is 8.34. The Hall–Kier alpha value is -3.69. The molecule has 0 amide bonds. The lowest BCUT2D eigenvalue weighted by atomic mass is 10.1. The van der Waals surface area contributed by atoms with Gasteiger partial charge in [0.15, 0.2) is 28.6 Å². The van der Waals surface area contributed by atoms with Crippen molar-refractivity contribution in [2.75, 3.05) is 28.1 Å². The molecule has 0 bridgehead atoms. The second-order valence-corrected chi connectivity index (χ2v) is 5.87. The summed E-state index contributed by atoms with van der Waals surface area (Å²) in [5.74, 6) is 1.99. The topological polar surface area (TPSA) is 110 Å². The first-order valence-electron chi connectivity index (χ1n) is 8.34. The molecule has 146 valence electrons. The van der Waals surface area contributed by atoms with Gasteiger partial charge < -0.3 is 23.7 Å². The summed E-state index contributed by atoms with van der Waals surface area (Å²) in [5.41, 5.74) is 1.67. The summed E-state index contributed by atoms with van der Waals surface area (Å²) in [5, 5.41) is 0. The van der Waals surface area contributed by atoms with Crippen LogP contribution in [0, 0.1) is 0 Å². The molecule has 28 heavy (non-hydrogen) atoms. The Bertz CT molecular complexity index is 1090. The Morgan fingerprint density at radius 1 is 1.18 bits per heavy atom. The zero-order chi connectivity index (χ0) is 19.7. The van der Waals surface area contributed by atoms with Gasteiger partial charge in [-0.25, -0.2) is 14.8 Å². The van der Waals surface area contributed by atoms with Crippen LogP contribution in [0.4, 0.5) is 0 Å². The highest BCUT2D eigenvalue weighted by molar-refractivity contribution is 5.73. The summed E-state index contributed by atoms with van der Waals surface area (Å²) in [6.07, 6.45) is 3.04. The molecule has 10 heteroatoms. The van der Waals surface area contributed by atoms with Crippen molar-refractivity contribution in [3.05, 3.63) is 40.8 Å². The minimum atomic E-state index is -0.339. The van der Waals surface area contributed by atoms with Gasteiger partial charge in [-0.2, -0.15) is 0 Å². The zero-order valence-electron chi connectivity index (χ0n) is 15.5. The lowest BCUT2D eigenvalue weighted by Gasteiger charge is -2.14. The molecule has 3 aromatic rings. The Balaban J connectivity index is 1.82. The van der Waals surface area contributed by atoms with Crippen molar-refractivity contribution in [3.8, 4) is 28.5 Å². The van der Waals surface area contributed by atoms with Crippen molar-refractivity contribution in [2.45, 2.75) is 6.54 Å². The summed E-state index contributed by atoms with van der Waals surface area (Å²) in [4.78, 5) is 23.9. The zero-order valence-corrected chi connectivity index (χ0v) is 15.5. The molecule has 0 fully saturated rings. The van der Waals surface area contributed by atoms with Crippen LogP contribution in [-0.2, 0) is 16.0 Å². The number of ether oxygens (including phenoxy) is 5. The second kappa shape index (κ2) is 7.14. The largest absolute Gasteiger partial charge is 0.493 e. The Labute approximate surface area is 159 Å². The van der Waals surface area contributed by atoms with Crippen LogP contribution in [-0.4, -0.2) is 47.6 Å². The molecule has 4 rings (SSSR count). The first-order chi connectivity index (χ1) is 13.6. The SMILES string of the molecule is COc1cc(-c2cnc3[nH]c(=O)n(CC4=COCO4)c3n2)cc(OC)c1OC. The highest BCUT2D eigenvalue weighted by Crippen LogP contribution is 2.40. The van der Waals surface area contributed by atoms with E-state index in [4.69, 9.17) is 23.7 Å². The van der Waals surface area contributed by atoms with E-state index in [0.717, 1.165) is 0 Å². The minimum absolute atomic E-state index is 0.134. The molecule has 0 radical (unpaired) electrons. The third-order valence-corrected chi connectivity index (χ3v) is 4.28. The van der Waals surface area contributed by atoms with Crippen molar-refractivity contribution < 1.29 is 23.7 Å². The van der Waals surface area contributed by atoms with Gasteiger partial charge in [0.2, 0.25) is 12.5 Å². The minimum Gasteiger partial charge on any atom is -0.493 e. The molecule has 1 aliphatic heterocycles. The third-order valence-electron chi connectivity index (χ3n) is 4.28. The van der Waals surface area contributed by atoms with Crippen molar-refractivity contribution >= 4 is 11.3 Å². The van der Waals surface area contributed by atoms with Gasteiger partial charge in [-0.3, -0.25) is 9.55 Å². The molecule has 3 heterocycles. The number of methoxy groups -OCH3 is 3. The molecule has 1 aromatic carbocycles. The van der Waals surface area contributed by atoms with E-state index in [0.29, 0.717) is 45.6 Å². The van der Waals surface area contributed by atoms with E-state index >= 15 is 0 Å². The average molecular weight is 386 g/mol. The van der Waals surface area contributed by atoms with E-state index in [9.17, 15) is 4.79 Å². The Kier molecular flexibility index (Phi) is 4.52. The van der Waals surface area contributed by atoms with Gasteiger partial charge in [-0.05, 0) is 12.1 Å². The van der Waals surface area contributed by atoms with Gasteiger partial charge in [-0.1, -0.05) is 0 Å². The van der Waals surface area contributed by atoms with Crippen LogP contribution in [0.25, 0.3) is 22.6 Å². The van der Waals surface area contributed by atoms with Crippen molar-refractivity contribution in [1.82, 2.24) is 19.5 Å². The predicted octanol–water partition coefficient (Wildman–Crippen LogP) is 1.66. The normalized spacial score (nSPS) is 13.0. The number of nitrogens with one attached hydrogen (secondary N) is 1. The fraction of sp³-hybridized carbons (Fsp3) is 0.278. The fourth-order valence-corrected chi connectivity index (χ4v) is 2.94. The van der Waals surface area contributed by atoms with Crippen LogP contribution >= 0.6 is 0 Å². The van der Waals surface area contributed by atoms with E-state index in [1.54, 1.807) is 18.3 Å². The standard InChI is InChI=1S/C18H18N4O6/c1-24-13-4-10(5-14(25-2)15(13)26-3)12-6-19-16-17(20-12)22(18(23)21-16)7-11-8-27-9-28-11/h4-6,8H,7,9H2,1-3H3,(H,19,21,23). The molecule has 0 spiro atoms. The Morgan fingerprint density at radius 2 is 1.93 bits per heavy atom. The van der Waals surface area contributed by atoms with Crippen molar-refractivity contribution in [3.63, 3.8) is 0 Å². The number of aromatic amines is 1. The molecule has 10 nitrogen and oxygen atoms in total. The summed E-state index contributed by atoms with van der Waals surface area (Å²) in [6.45, 7) is 0.320. The lowest BCUT2D eigenvalue weighted by Crippen LogP contribution is -2.18. The molecule has 1 N–H and O–H groups in total. The lowest BCUT2D eigenvalue weighted by molar-refractivity contribution is 0.0767. The summed E-state index contributed by atoms with van der Waals surface area (Å²) in [7, 11) is 4.61. The van der Waals surface area contributed by atoms with E-state index in [2.05, 4.69) is 15.0 Å². The molecular weight excluding hydrogens is 368 g/mol. The highest BCUT2D eigenvalue weighted by atomic mass is 16.7. The van der Waals surface area contributed by atoms with Gasteiger partial charge >= 0.3 is 5.69 Å². The second-order valence-electron chi connectivity index (χ2n) is 5.87. The number of aromatic nitrogens is 4. The maximum Gasteiger partial charge on any atom is 0.329 e. The molecule has 0 saturated carbocycles. The molecule has 2 aromatic heterocycles. The summed E-state index contributed by atoms with van der Waals surface area (Å²) in [6, 6.07) is 3.53. The first kappa shape index (κ1) is 17.7. The molecule has 0 unspecified atom stereocenters. The summed E-state index contributed by atoms with van der Waals surface area (Å²) < 4.78 is 27.9. The molecule has 1 aliphatic rings. The van der Waals surface area contributed by atoms with Gasteiger partial charge in [0.1, 0.15) is 6.26 Å². The fourth-order valence-electron chi connectivity index (χ4n) is 2.94. The summed E-state index contributed by atoms with van der Waals surface area (Å²) >= 11 is 0. The highest BCUT2D eigenvalue weighted by Gasteiger charge is 2.18. The maximum atomic E-state index is 12.3. The van der Waals surface area contributed by atoms with Crippen LogP contribution in [0.5, 0.6) is 17.2 Å². The van der Waals surface area contributed by atoms with Crippen LogP contribution in [0.2, 0.25) is 0 Å². The number of allylic oxidation sites excluding steroid dienone is 1. The van der Waals surface area contributed by atoms with E-state index in [-0.39, 0.29) is 19.0 Å². The van der Waals surface area contributed by atoms with Crippen LogP contribution in [0.3, 0.4) is 0 Å². The van der Waals surface area contributed by atoms with E-state index < -0.39 is 0 Å². The number of imidazole rings is 1. The number of H-pyrrole nitrogens is 1. The number of hydrogen-bond acceptors (Lipinski definition) is 8. The van der Waals surface area contributed by atoms with Gasteiger partial charge in [0, 0.05) is 5.56 Å². The molecule has 0 saturated heterocycles. The smallest absolute Gasteiger partial charge is 0.329 e. The number of fused-ring (bicyclic) bond motifs is 1. The van der Waals surface area contributed by atoms with Crippen LogP contribution < -0.4 is 19.9 Å². The van der Waals surface area contributed by atoms with Gasteiger partial charge in [-0.15, -0.1) is 0 Å². The van der Waals surface area contributed by atoms with E-state index in [1.807, 2.05) is 0 Å². The molecule has 0 aliphatic carbocycles. The van der Waals surface area contributed by atoms with Crippen molar-refractivity contribution in [2.24, 2.45) is 0 Å². The number of rotatable bonds is 6. The van der Waals surface area contributed by atoms with Crippen LogP contribution in [0.1, 0.15) is 0 Å². The molecule has 0 atom stereocenters. The predicted molar refractivity (Wildman–Crippen MR) is 98.4 cm³/mol. The number of hydrogen-bond donors (Lipinski definition) is 1. The van der Waals surface area contributed by atoms with Gasteiger partial charge in [0.25, 0.3) is 0 Å². The maximum absolute atomic E-state index is 12.3. The monoisotopic (exact) mass is 386 g/mol. The van der Waals surface area contributed by atoms with Crippen molar-refractivity contribution in [1.29, 1.82) is 0 Å². The third kappa shape index (κ3) is 2.98. The number of nitrogens with zero attached hydrogens (tertiary/aromatic N) is 3. The molecular formula is C18H18N4O6. The Morgan fingerprint density at radius 3 is 2.54 bits per heavy atom. The van der Waals surface area contributed by atoms with Crippen LogP contribution in [0.15, 0.2) is 35.1 Å². The average Bonchev–Trinajstić information content (AvgIpc) is 3.34. The van der Waals surface area contributed by atoms with Gasteiger partial charge in [0.05, 0.1) is 39.8 Å². The number of benzene rings is 1.